The molecule has 0 atom stereocenters. The molecular formula is C9H9IO2. The summed E-state index contributed by atoms with van der Waals surface area (Å²) in [6, 6.07) is 8.01. The minimum atomic E-state index is 0.265. The maximum absolute atomic E-state index is 5.65. The Balaban J connectivity index is 2.06. The fraction of sp³-hybridized carbons (Fsp3) is 0.333. The van der Waals surface area contributed by atoms with Crippen molar-refractivity contribution in [1.82, 2.24) is 0 Å². The molecule has 1 fully saturated rings. The van der Waals surface area contributed by atoms with Crippen molar-refractivity contribution in [3.8, 4) is 5.75 Å². The third-order valence-electron chi connectivity index (χ3n) is 1.74. The number of benzene rings is 1. The number of hydrogen-bond acceptors (Lipinski definition) is 2. The van der Waals surface area contributed by atoms with Crippen LogP contribution >= 0.6 is 22.6 Å². The lowest BCUT2D eigenvalue weighted by atomic mass is 10.3. The third-order valence-corrected chi connectivity index (χ3v) is 2.63. The van der Waals surface area contributed by atoms with Crippen molar-refractivity contribution in [3.63, 3.8) is 0 Å². The normalized spacial score (nSPS) is 17.1. The van der Waals surface area contributed by atoms with E-state index in [9.17, 15) is 0 Å². The molecule has 0 saturated carbocycles. The second kappa shape index (κ2) is 3.62. The quantitative estimate of drug-likeness (QED) is 0.770. The first-order chi connectivity index (χ1) is 5.86. The van der Waals surface area contributed by atoms with Crippen LogP contribution in [0.1, 0.15) is 0 Å². The Morgan fingerprint density at radius 1 is 1.33 bits per heavy atom. The smallest absolute Gasteiger partial charge is 0.145 e. The fourth-order valence-electron chi connectivity index (χ4n) is 1.00. The van der Waals surface area contributed by atoms with Gasteiger partial charge in [-0.3, -0.25) is 0 Å². The summed E-state index contributed by atoms with van der Waals surface area (Å²) in [5.74, 6) is 0.964. The van der Waals surface area contributed by atoms with E-state index in [1.165, 1.54) is 0 Å². The number of halogens is 1. The lowest BCUT2D eigenvalue weighted by Gasteiger charge is -2.27. The van der Waals surface area contributed by atoms with Gasteiger partial charge in [-0.15, -0.1) is 0 Å². The number of ether oxygens (including phenoxy) is 2. The molecule has 1 aliphatic rings. The highest BCUT2D eigenvalue weighted by molar-refractivity contribution is 14.1. The Hall–Kier alpha value is -0.290. The topological polar surface area (TPSA) is 18.5 Å². The summed E-state index contributed by atoms with van der Waals surface area (Å²) in [7, 11) is 0. The summed E-state index contributed by atoms with van der Waals surface area (Å²) in [4.78, 5) is 0. The van der Waals surface area contributed by atoms with Crippen LogP contribution in [0.2, 0.25) is 0 Å². The Bertz CT molecular complexity index is 271. The molecule has 3 heteroatoms. The number of rotatable bonds is 2. The van der Waals surface area contributed by atoms with Gasteiger partial charge in [-0.2, -0.15) is 0 Å². The van der Waals surface area contributed by atoms with Gasteiger partial charge >= 0.3 is 0 Å². The highest BCUT2D eigenvalue weighted by Crippen LogP contribution is 2.22. The summed E-state index contributed by atoms with van der Waals surface area (Å²) in [5, 5.41) is 0. The van der Waals surface area contributed by atoms with Crippen molar-refractivity contribution < 1.29 is 9.47 Å². The monoisotopic (exact) mass is 276 g/mol. The fourth-order valence-corrected chi connectivity index (χ4v) is 1.52. The molecule has 0 spiro atoms. The molecule has 1 aliphatic heterocycles. The van der Waals surface area contributed by atoms with Crippen LogP contribution in [0.25, 0.3) is 0 Å². The van der Waals surface area contributed by atoms with Gasteiger partial charge in [-0.05, 0) is 34.7 Å². The Kier molecular flexibility index (Phi) is 2.51. The zero-order valence-corrected chi connectivity index (χ0v) is 8.65. The average molecular weight is 276 g/mol. The zero-order chi connectivity index (χ0) is 8.39. The van der Waals surface area contributed by atoms with E-state index in [-0.39, 0.29) is 6.10 Å². The van der Waals surface area contributed by atoms with E-state index >= 15 is 0 Å². The minimum absolute atomic E-state index is 0.265. The van der Waals surface area contributed by atoms with Gasteiger partial charge in [0.15, 0.2) is 0 Å². The summed E-state index contributed by atoms with van der Waals surface area (Å²) in [5.41, 5.74) is 0. The second-order valence-corrected chi connectivity index (χ2v) is 3.87. The van der Waals surface area contributed by atoms with Crippen molar-refractivity contribution in [3.05, 3.63) is 27.8 Å². The maximum atomic E-state index is 5.65. The molecule has 1 aromatic carbocycles. The number of para-hydroxylation sites is 1. The molecule has 0 bridgehead atoms. The highest BCUT2D eigenvalue weighted by Gasteiger charge is 2.20. The van der Waals surface area contributed by atoms with Crippen molar-refractivity contribution >= 4 is 22.6 Å². The van der Waals surface area contributed by atoms with Crippen molar-refractivity contribution in [2.45, 2.75) is 6.10 Å². The summed E-state index contributed by atoms with van der Waals surface area (Å²) in [6.45, 7) is 1.45. The first-order valence-corrected chi connectivity index (χ1v) is 4.93. The van der Waals surface area contributed by atoms with E-state index in [0.29, 0.717) is 0 Å². The first kappa shape index (κ1) is 8.31. The van der Waals surface area contributed by atoms with Gasteiger partial charge in [0, 0.05) is 0 Å². The van der Waals surface area contributed by atoms with E-state index in [4.69, 9.17) is 9.47 Å². The van der Waals surface area contributed by atoms with Crippen molar-refractivity contribution in [1.29, 1.82) is 0 Å². The van der Waals surface area contributed by atoms with Gasteiger partial charge in [0.1, 0.15) is 11.9 Å². The van der Waals surface area contributed by atoms with Crippen LogP contribution in [0.5, 0.6) is 5.75 Å². The van der Waals surface area contributed by atoms with E-state index in [1.807, 2.05) is 24.3 Å². The van der Waals surface area contributed by atoms with Gasteiger partial charge in [0.25, 0.3) is 0 Å². The molecule has 2 nitrogen and oxygen atoms in total. The molecule has 0 unspecified atom stereocenters. The summed E-state index contributed by atoms with van der Waals surface area (Å²) < 4.78 is 11.8. The van der Waals surface area contributed by atoms with E-state index in [0.717, 1.165) is 22.5 Å². The largest absolute Gasteiger partial charge is 0.484 e. The van der Waals surface area contributed by atoms with Gasteiger partial charge in [0.2, 0.25) is 0 Å². The van der Waals surface area contributed by atoms with Gasteiger partial charge in [-0.25, -0.2) is 0 Å². The zero-order valence-electron chi connectivity index (χ0n) is 6.50. The van der Waals surface area contributed by atoms with Gasteiger partial charge in [0.05, 0.1) is 16.8 Å². The maximum Gasteiger partial charge on any atom is 0.145 e. The van der Waals surface area contributed by atoms with Gasteiger partial charge in [-0.1, -0.05) is 12.1 Å². The predicted molar refractivity (Wildman–Crippen MR) is 54.4 cm³/mol. The molecule has 1 heterocycles. The first-order valence-electron chi connectivity index (χ1n) is 3.85. The Morgan fingerprint density at radius 2 is 2.08 bits per heavy atom. The van der Waals surface area contributed by atoms with E-state index in [2.05, 4.69) is 22.6 Å². The number of hydrogen-bond donors (Lipinski definition) is 0. The third kappa shape index (κ3) is 1.72. The van der Waals surface area contributed by atoms with Crippen LogP contribution in [0.15, 0.2) is 24.3 Å². The predicted octanol–water partition coefficient (Wildman–Crippen LogP) is 2.07. The molecule has 1 saturated heterocycles. The average Bonchev–Trinajstić information content (AvgIpc) is 2.00. The summed E-state index contributed by atoms with van der Waals surface area (Å²) in [6.07, 6.45) is 0.265. The molecule has 0 amide bonds. The highest BCUT2D eigenvalue weighted by atomic mass is 127. The second-order valence-electron chi connectivity index (χ2n) is 2.71. The van der Waals surface area contributed by atoms with Gasteiger partial charge < -0.3 is 9.47 Å². The van der Waals surface area contributed by atoms with Crippen molar-refractivity contribution in [2.75, 3.05) is 13.2 Å². The Labute approximate surface area is 85.0 Å². The molecule has 12 heavy (non-hydrogen) atoms. The van der Waals surface area contributed by atoms with Crippen LogP contribution in [0.3, 0.4) is 0 Å². The van der Waals surface area contributed by atoms with E-state index in [1.54, 1.807) is 0 Å². The lowest BCUT2D eigenvalue weighted by Crippen LogP contribution is -2.38. The van der Waals surface area contributed by atoms with Crippen LogP contribution in [-0.2, 0) is 4.74 Å². The molecular weight excluding hydrogens is 267 g/mol. The van der Waals surface area contributed by atoms with Crippen LogP contribution in [0, 0.1) is 3.57 Å². The SMILES string of the molecule is Ic1ccccc1OC1COC1. The van der Waals surface area contributed by atoms with E-state index < -0.39 is 0 Å². The minimum Gasteiger partial charge on any atom is -0.484 e. The lowest BCUT2D eigenvalue weighted by molar-refractivity contribution is -0.0799. The molecule has 0 aliphatic carbocycles. The molecule has 0 aromatic heterocycles. The molecule has 1 aromatic rings. The molecule has 2 rings (SSSR count). The Morgan fingerprint density at radius 3 is 2.67 bits per heavy atom. The standard InChI is InChI=1S/C9H9IO2/c10-8-3-1-2-4-9(8)12-7-5-11-6-7/h1-4,7H,5-6H2. The molecule has 0 radical (unpaired) electrons. The van der Waals surface area contributed by atoms with Crippen molar-refractivity contribution in [2.24, 2.45) is 0 Å². The van der Waals surface area contributed by atoms with Crippen LogP contribution in [0.4, 0.5) is 0 Å². The molecule has 64 valence electrons. The molecule has 0 N–H and O–H groups in total. The van der Waals surface area contributed by atoms with Crippen LogP contribution < -0.4 is 4.74 Å². The van der Waals surface area contributed by atoms with Crippen LogP contribution in [-0.4, -0.2) is 19.3 Å². The summed E-state index contributed by atoms with van der Waals surface area (Å²) >= 11 is 2.27.